The van der Waals surface area contributed by atoms with E-state index in [0.717, 1.165) is 0 Å². The molecule has 28 heavy (non-hydrogen) atoms. The number of hydrogen-bond acceptors (Lipinski definition) is 0. The van der Waals surface area contributed by atoms with E-state index in [1.165, 1.54) is 44.3 Å². The van der Waals surface area contributed by atoms with Crippen LogP contribution >= 0.6 is 0 Å². The van der Waals surface area contributed by atoms with E-state index in [4.69, 9.17) is 0 Å². The van der Waals surface area contributed by atoms with Gasteiger partial charge in [0, 0.05) is 11.6 Å². The summed E-state index contributed by atoms with van der Waals surface area (Å²) in [6, 6.07) is 26.5. The molecule has 0 fully saturated rings. The second-order valence-corrected chi connectivity index (χ2v) is 8.72. The highest BCUT2D eigenvalue weighted by Gasteiger charge is 2.20. The van der Waals surface area contributed by atoms with Crippen LogP contribution in [0.3, 0.4) is 0 Å². The van der Waals surface area contributed by atoms with Crippen molar-refractivity contribution in [3.63, 3.8) is 0 Å². The Bertz CT molecular complexity index is 1150. The van der Waals surface area contributed by atoms with Gasteiger partial charge in [-0.05, 0) is 52.1 Å². The minimum atomic E-state index is 0.152. The molecule has 0 spiro atoms. The van der Waals surface area contributed by atoms with Crippen LogP contribution in [0.1, 0.15) is 31.9 Å². The molecule has 0 bridgehead atoms. The van der Waals surface area contributed by atoms with Gasteiger partial charge < -0.3 is 0 Å². The molecule has 0 saturated heterocycles. The molecule has 1 nitrogen and oxygen atoms in total. The standard InChI is InChI=1S/C27H28N/c1-19-17-21(20-9-7-6-8-10-20)11-13-24(19)26-25-14-12-23(27(2,3)4)18-22(25)15-16-28(26)5/h6-18H,1-5H3/q+1. The third kappa shape index (κ3) is 3.33. The Balaban J connectivity index is 1.88. The summed E-state index contributed by atoms with van der Waals surface area (Å²) in [5.41, 5.74) is 7.90. The van der Waals surface area contributed by atoms with Crippen LogP contribution in [0.25, 0.3) is 33.2 Å². The largest absolute Gasteiger partial charge is 0.220 e. The second-order valence-electron chi connectivity index (χ2n) is 8.72. The van der Waals surface area contributed by atoms with Crippen molar-refractivity contribution >= 4 is 10.8 Å². The molecule has 0 atom stereocenters. The molecular formula is C27H28N+. The summed E-state index contributed by atoms with van der Waals surface area (Å²) in [4.78, 5) is 0. The van der Waals surface area contributed by atoms with E-state index in [0.29, 0.717) is 0 Å². The lowest BCUT2D eigenvalue weighted by molar-refractivity contribution is -0.659. The van der Waals surface area contributed by atoms with Crippen LogP contribution in [0.2, 0.25) is 0 Å². The van der Waals surface area contributed by atoms with Crippen LogP contribution in [0.15, 0.2) is 79.0 Å². The molecular weight excluding hydrogens is 338 g/mol. The number of aromatic nitrogens is 1. The van der Waals surface area contributed by atoms with Crippen molar-refractivity contribution in [1.29, 1.82) is 0 Å². The van der Waals surface area contributed by atoms with Gasteiger partial charge in [0.1, 0.15) is 7.05 Å². The van der Waals surface area contributed by atoms with Crippen molar-refractivity contribution in [2.45, 2.75) is 33.1 Å². The highest BCUT2D eigenvalue weighted by molar-refractivity contribution is 5.94. The Hall–Kier alpha value is -2.93. The smallest absolute Gasteiger partial charge is 0.200 e. The van der Waals surface area contributed by atoms with E-state index >= 15 is 0 Å². The molecule has 0 radical (unpaired) electrons. The van der Waals surface area contributed by atoms with E-state index in [-0.39, 0.29) is 5.41 Å². The molecule has 4 rings (SSSR count). The molecule has 4 aromatic rings. The first-order chi connectivity index (χ1) is 13.3. The minimum Gasteiger partial charge on any atom is -0.200 e. The predicted octanol–water partition coefficient (Wildman–Crippen LogP) is 6.60. The first-order valence-corrected chi connectivity index (χ1v) is 9.94. The summed E-state index contributed by atoms with van der Waals surface area (Å²) in [7, 11) is 2.14. The van der Waals surface area contributed by atoms with Crippen molar-refractivity contribution in [2.24, 2.45) is 7.05 Å². The van der Waals surface area contributed by atoms with Crippen molar-refractivity contribution in [3.8, 4) is 22.4 Å². The van der Waals surface area contributed by atoms with E-state index in [1.54, 1.807) is 0 Å². The van der Waals surface area contributed by atoms with Crippen molar-refractivity contribution in [2.75, 3.05) is 0 Å². The lowest BCUT2D eigenvalue weighted by atomic mass is 9.85. The summed E-state index contributed by atoms with van der Waals surface area (Å²) in [5, 5.41) is 2.60. The molecule has 0 amide bonds. The van der Waals surface area contributed by atoms with Gasteiger partial charge in [0.15, 0.2) is 6.20 Å². The fourth-order valence-corrected chi connectivity index (χ4v) is 3.91. The minimum absolute atomic E-state index is 0.152. The summed E-state index contributed by atoms with van der Waals surface area (Å²) in [6.45, 7) is 9.02. The van der Waals surface area contributed by atoms with Gasteiger partial charge in [-0.15, -0.1) is 0 Å². The Labute approximate surface area is 168 Å². The second kappa shape index (κ2) is 6.91. The van der Waals surface area contributed by atoms with E-state index < -0.39 is 0 Å². The van der Waals surface area contributed by atoms with Gasteiger partial charge in [0.25, 0.3) is 0 Å². The maximum Gasteiger partial charge on any atom is 0.220 e. The summed E-state index contributed by atoms with van der Waals surface area (Å²) in [5.74, 6) is 0. The van der Waals surface area contributed by atoms with Gasteiger partial charge in [-0.2, -0.15) is 0 Å². The van der Waals surface area contributed by atoms with Gasteiger partial charge in [0.2, 0.25) is 5.69 Å². The number of pyridine rings is 1. The number of rotatable bonds is 2. The van der Waals surface area contributed by atoms with Crippen LogP contribution < -0.4 is 4.57 Å². The summed E-state index contributed by atoms with van der Waals surface area (Å²) in [6.07, 6.45) is 2.18. The Morgan fingerprint density at radius 1 is 0.750 bits per heavy atom. The van der Waals surface area contributed by atoms with Gasteiger partial charge in [-0.1, -0.05) is 75.4 Å². The van der Waals surface area contributed by atoms with E-state index in [1.807, 2.05) is 0 Å². The molecule has 0 unspecified atom stereocenters. The molecule has 1 heterocycles. The van der Waals surface area contributed by atoms with Gasteiger partial charge in [-0.3, -0.25) is 0 Å². The molecule has 3 aromatic carbocycles. The Kier molecular flexibility index (Phi) is 4.55. The highest BCUT2D eigenvalue weighted by Crippen LogP contribution is 2.33. The van der Waals surface area contributed by atoms with Crippen LogP contribution in [0.4, 0.5) is 0 Å². The molecule has 0 saturated carbocycles. The van der Waals surface area contributed by atoms with Crippen molar-refractivity contribution in [3.05, 3.63) is 90.1 Å². The zero-order valence-corrected chi connectivity index (χ0v) is 17.5. The number of nitrogens with zero attached hydrogens (tertiary/aromatic N) is 1. The molecule has 0 aliphatic carbocycles. The molecule has 140 valence electrons. The van der Waals surface area contributed by atoms with Gasteiger partial charge >= 0.3 is 0 Å². The molecule has 1 heteroatoms. The van der Waals surface area contributed by atoms with E-state index in [2.05, 4.69) is 118 Å². The topological polar surface area (TPSA) is 3.88 Å². The number of hydrogen-bond donors (Lipinski definition) is 0. The average Bonchev–Trinajstić information content (AvgIpc) is 2.68. The van der Waals surface area contributed by atoms with Crippen LogP contribution in [0.5, 0.6) is 0 Å². The van der Waals surface area contributed by atoms with Crippen LogP contribution in [0, 0.1) is 6.92 Å². The third-order valence-corrected chi connectivity index (χ3v) is 5.59. The zero-order valence-electron chi connectivity index (χ0n) is 17.5. The lowest BCUT2D eigenvalue weighted by Crippen LogP contribution is -2.30. The van der Waals surface area contributed by atoms with Gasteiger partial charge in [0.05, 0.1) is 5.39 Å². The molecule has 0 N–H and O–H groups in total. The maximum atomic E-state index is 2.34. The van der Waals surface area contributed by atoms with E-state index in [9.17, 15) is 0 Å². The molecule has 0 aliphatic rings. The summed E-state index contributed by atoms with van der Waals surface area (Å²) >= 11 is 0. The van der Waals surface area contributed by atoms with Crippen molar-refractivity contribution in [1.82, 2.24) is 0 Å². The zero-order chi connectivity index (χ0) is 19.9. The Morgan fingerprint density at radius 2 is 1.50 bits per heavy atom. The lowest BCUT2D eigenvalue weighted by Gasteiger charge is -2.19. The monoisotopic (exact) mass is 366 g/mol. The van der Waals surface area contributed by atoms with Crippen LogP contribution in [-0.4, -0.2) is 0 Å². The summed E-state index contributed by atoms with van der Waals surface area (Å²) < 4.78 is 2.24. The SMILES string of the molecule is Cc1cc(-c2ccccc2)ccc1-c1c2ccc(C(C)(C)C)cc2cc[n+]1C. The number of benzene rings is 3. The highest BCUT2D eigenvalue weighted by atomic mass is 14.9. The van der Waals surface area contributed by atoms with Gasteiger partial charge in [-0.25, -0.2) is 4.57 Å². The first kappa shape index (κ1) is 18.4. The third-order valence-electron chi connectivity index (χ3n) is 5.59. The fraction of sp³-hybridized carbons (Fsp3) is 0.222. The first-order valence-electron chi connectivity index (χ1n) is 9.94. The number of fused-ring (bicyclic) bond motifs is 1. The molecule has 0 aliphatic heterocycles. The van der Waals surface area contributed by atoms with Crippen molar-refractivity contribution < 1.29 is 4.57 Å². The average molecular weight is 367 g/mol. The predicted molar refractivity (Wildman–Crippen MR) is 119 cm³/mol. The molecule has 1 aromatic heterocycles. The fourth-order valence-electron chi connectivity index (χ4n) is 3.91. The van der Waals surface area contributed by atoms with Crippen LogP contribution in [-0.2, 0) is 12.5 Å². The quantitative estimate of drug-likeness (QED) is 0.352. The normalized spacial score (nSPS) is 11.8. The number of aryl methyl sites for hydroxylation is 2. The maximum absolute atomic E-state index is 2.34. The Morgan fingerprint density at radius 3 is 2.18 bits per heavy atom.